The molecule has 0 aliphatic heterocycles. The summed E-state index contributed by atoms with van der Waals surface area (Å²) in [5.41, 5.74) is 2.07. The smallest absolute Gasteiger partial charge is 0.260 e. The van der Waals surface area contributed by atoms with Crippen molar-refractivity contribution >= 4 is 21.8 Å². The van der Waals surface area contributed by atoms with Gasteiger partial charge in [0.25, 0.3) is 5.91 Å². The van der Waals surface area contributed by atoms with Gasteiger partial charge < -0.3 is 15.4 Å². The maximum Gasteiger partial charge on any atom is 0.260 e. The minimum absolute atomic E-state index is 0.0368. The Morgan fingerprint density at radius 3 is 2.80 bits per heavy atom. The van der Waals surface area contributed by atoms with E-state index in [4.69, 9.17) is 4.74 Å². The van der Waals surface area contributed by atoms with Crippen LogP contribution in [0.4, 0.5) is 0 Å². The van der Waals surface area contributed by atoms with Gasteiger partial charge in [0, 0.05) is 22.6 Å². The number of hydrogen-bond donors (Lipinski definition) is 2. The van der Waals surface area contributed by atoms with Crippen LogP contribution < -0.4 is 15.4 Å². The Hall–Kier alpha value is -1.07. The lowest BCUT2D eigenvalue weighted by molar-refractivity contribution is -0.127. The van der Waals surface area contributed by atoms with Gasteiger partial charge in [-0.2, -0.15) is 0 Å². The van der Waals surface area contributed by atoms with Crippen molar-refractivity contribution in [3.63, 3.8) is 0 Å². The van der Waals surface area contributed by atoms with Crippen molar-refractivity contribution in [2.45, 2.75) is 45.4 Å². The molecule has 1 fully saturated rings. The van der Waals surface area contributed by atoms with Gasteiger partial charge in [0.05, 0.1) is 0 Å². The van der Waals surface area contributed by atoms with Gasteiger partial charge in [0.2, 0.25) is 0 Å². The van der Waals surface area contributed by atoms with Crippen LogP contribution in [0.1, 0.15) is 30.9 Å². The van der Waals surface area contributed by atoms with E-state index in [-0.39, 0.29) is 5.91 Å². The van der Waals surface area contributed by atoms with Gasteiger partial charge in [-0.05, 0) is 51.4 Å². The van der Waals surface area contributed by atoms with Gasteiger partial charge in [-0.15, -0.1) is 0 Å². The number of aryl methyl sites for hydroxylation is 1. The third-order valence-electron chi connectivity index (χ3n) is 3.27. The summed E-state index contributed by atoms with van der Waals surface area (Å²) < 4.78 is 6.92. The maximum absolute atomic E-state index is 12.0. The van der Waals surface area contributed by atoms with Crippen LogP contribution >= 0.6 is 15.9 Å². The molecule has 1 saturated carbocycles. The molecule has 2 rings (SSSR count). The average molecular weight is 341 g/mol. The lowest BCUT2D eigenvalue weighted by Crippen LogP contribution is -2.37. The molecule has 2 N–H and O–H groups in total. The van der Waals surface area contributed by atoms with Gasteiger partial charge in [-0.3, -0.25) is 4.79 Å². The number of hydrogen-bond acceptors (Lipinski definition) is 3. The first-order valence-electron chi connectivity index (χ1n) is 6.92. The average Bonchev–Trinajstić information content (AvgIpc) is 3.17. The van der Waals surface area contributed by atoms with Crippen molar-refractivity contribution < 1.29 is 9.53 Å². The number of benzene rings is 1. The molecule has 1 aliphatic rings. The molecule has 1 unspecified atom stereocenters. The first-order valence-corrected chi connectivity index (χ1v) is 7.71. The molecule has 1 aromatic rings. The van der Waals surface area contributed by atoms with E-state index in [0.29, 0.717) is 12.6 Å². The van der Waals surface area contributed by atoms with Crippen LogP contribution in [0.3, 0.4) is 0 Å². The Balaban J connectivity index is 2.11. The van der Waals surface area contributed by atoms with Crippen molar-refractivity contribution in [1.82, 2.24) is 10.6 Å². The van der Waals surface area contributed by atoms with E-state index in [1.807, 2.05) is 26.1 Å². The summed E-state index contributed by atoms with van der Waals surface area (Å²) in [6.07, 6.45) is 1.69. The Morgan fingerprint density at radius 2 is 2.20 bits per heavy atom. The normalized spacial score (nSPS) is 15.8. The summed E-state index contributed by atoms with van der Waals surface area (Å²) in [6.45, 7) is 4.49. The SMILES string of the molecule is CNCc1cc(Br)cc(C)c1OC(C)C(=O)NC1CC1. The zero-order chi connectivity index (χ0) is 14.7. The van der Waals surface area contributed by atoms with Crippen molar-refractivity contribution in [2.75, 3.05) is 7.05 Å². The summed E-state index contributed by atoms with van der Waals surface area (Å²) in [7, 11) is 1.89. The van der Waals surface area contributed by atoms with E-state index in [1.54, 1.807) is 6.92 Å². The highest BCUT2D eigenvalue weighted by molar-refractivity contribution is 9.10. The van der Waals surface area contributed by atoms with E-state index in [9.17, 15) is 4.79 Å². The number of ether oxygens (including phenoxy) is 1. The number of halogens is 1. The fourth-order valence-electron chi connectivity index (χ4n) is 2.07. The standard InChI is InChI=1S/C15H21BrN2O2/c1-9-6-12(16)7-11(8-17-3)14(9)20-10(2)15(19)18-13-4-5-13/h6-7,10,13,17H,4-5,8H2,1-3H3,(H,18,19). The Morgan fingerprint density at radius 1 is 1.50 bits per heavy atom. The van der Waals surface area contributed by atoms with Crippen molar-refractivity contribution in [2.24, 2.45) is 0 Å². The van der Waals surface area contributed by atoms with Gasteiger partial charge in [0.1, 0.15) is 5.75 Å². The molecule has 0 radical (unpaired) electrons. The monoisotopic (exact) mass is 340 g/mol. The Kier molecular flexibility index (Phi) is 5.05. The summed E-state index contributed by atoms with van der Waals surface area (Å²) >= 11 is 3.49. The fourth-order valence-corrected chi connectivity index (χ4v) is 2.69. The third-order valence-corrected chi connectivity index (χ3v) is 3.73. The second kappa shape index (κ2) is 6.59. The number of carbonyl (C=O) groups is 1. The molecular formula is C15H21BrN2O2. The zero-order valence-electron chi connectivity index (χ0n) is 12.1. The van der Waals surface area contributed by atoms with Crippen LogP contribution in [0.15, 0.2) is 16.6 Å². The number of carbonyl (C=O) groups excluding carboxylic acids is 1. The minimum atomic E-state index is -0.480. The molecule has 0 spiro atoms. The lowest BCUT2D eigenvalue weighted by Gasteiger charge is -2.19. The summed E-state index contributed by atoms with van der Waals surface area (Å²) in [5, 5.41) is 6.09. The molecule has 110 valence electrons. The number of rotatable bonds is 6. The summed E-state index contributed by atoms with van der Waals surface area (Å²) in [6, 6.07) is 4.38. The molecule has 0 aromatic heterocycles. The highest BCUT2D eigenvalue weighted by Gasteiger charge is 2.27. The molecule has 1 atom stereocenters. The molecular weight excluding hydrogens is 320 g/mol. The molecule has 1 amide bonds. The predicted molar refractivity (Wildman–Crippen MR) is 82.9 cm³/mol. The molecule has 1 aromatic carbocycles. The quantitative estimate of drug-likeness (QED) is 0.836. The molecule has 4 nitrogen and oxygen atoms in total. The molecule has 0 bridgehead atoms. The van der Waals surface area contributed by atoms with Crippen molar-refractivity contribution in [3.8, 4) is 5.75 Å². The van der Waals surface area contributed by atoms with Crippen LogP contribution in [-0.4, -0.2) is 25.1 Å². The highest BCUT2D eigenvalue weighted by atomic mass is 79.9. The van der Waals surface area contributed by atoms with E-state index < -0.39 is 6.10 Å². The van der Waals surface area contributed by atoms with E-state index in [1.165, 1.54) is 0 Å². The van der Waals surface area contributed by atoms with Crippen LogP contribution in [0.25, 0.3) is 0 Å². The maximum atomic E-state index is 12.0. The summed E-state index contributed by atoms with van der Waals surface area (Å²) in [5.74, 6) is 0.756. The van der Waals surface area contributed by atoms with Gasteiger partial charge >= 0.3 is 0 Å². The van der Waals surface area contributed by atoms with Gasteiger partial charge in [0.15, 0.2) is 6.10 Å². The second-order valence-corrected chi connectivity index (χ2v) is 6.20. The summed E-state index contributed by atoms with van der Waals surface area (Å²) in [4.78, 5) is 12.0. The van der Waals surface area contributed by atoms with Gasteiger partial charge in [-0.25, -0.2) is 0 Å². The Labute approximate surface area is 128 Å². The van der Waals surface area contributed by atoms with Crippen LogP contribution in [0.2, 0.25) is 0 Å². The van der Waals surface area contributed by atoms with E-state index >= 15 is 0 Å². The number of nitrogens with one attached hydrogen (secondary N) is 2. The topological polar surface area (TPSA) is 50.4 Å². The van der Waals surface area contributed by atoms with Crippen LogP contribution in [0.5, 0.6) is 5.75 Å². The molecule has 0 heterocycles. The zero-order valence-corrected chi connectivity index (χ0v) is 13.7. The van der Waals surface area contributed by atoms with Gasteiger partial charge in [-0.1, -0.05) is 15.9 Å². The first kappa shape index (κ1) is 15.3. The number of amides is 1. The van der Waals surface area contributed by atoms with Crippen LogP contribution in [0, 0.1) is 6.92 Å². The molecule has 0 saturated heterocycles. The molecule has 20 heavy (non-hydrogen) atoms. The minimum Gasteiger partial charge on any atom is -0.480 e. The first-order chi connectivity index (χ1) is 9.51. The fraction of sp³-hybridized carbons (Fsp3) is 0.533. The molecule has 1 aliphatic carbocycles. The lowest BCUT2D eigenvalue weighted by atomic mass is 10.1. The third kappa shape index (κ3) is 3.96. The van der Waals surface area contributed by atoms with Crippen LogP contribution in [-0.2, 0) is 11.3 Å². The second-order valence-electron chi connectivity index (χ2n) is 5.28. The molecule has 5 heteroatoms. The largest absolute Gasteiger partial charge is 0.480 e. The van der Waals surface area contributed by atoms with Crippen molar-refractivity contribution in [1.29, 1.82) is 0 Å². The van der Waals surface area contributed by atoms with Crippen molar-refractivity contribution in [3.05, 3.63) is 27.7 Å². The Bertz CT molecular complexity index is 501. The highest BCUT2D eigenvalue weighted by Crippen LogP contribution is 2.29. The predicted octanol–water partition coefficient (Wildman–Crippen LogP) is 2.52. The van der Waals surface area contributed by atoms with E-state index in [0.717, 1.165) is 34.2 Å². The van der Waals surface area contributed by atoms with E-state index in [2.05, 4.69) is 26.6 Å².